The summed E-state index contributed by atoms with van der Waals surface area (Å²) >= 11 is 0. The zero-order valence-electron chi connectivity index (χ0n) is 7.56. The third-order valence-electron chi connectivity index (χ3n) is 1.56. The Bertz CT molecular complexity index is 128. The van der Waals surface area contributed by atoms with Gasteiger partial charge in [-0.25, -0.2) is 0 Å². The molecule has 0 heterocycles. The van der Waals surface area contributed by atoms with Gasteiger partial charge in [-0.2, -0.15) is 0 Å². The van der Waals surface area contributed by atoms with Crippen LogP contribution in [0.3, 0.4) is 0 Å². The van der Waals surface area contributed by atoms with Gasteiger partial charge >= 0.3 is 0 Å². The van der Waals surface area contributed by atoms with E-state index in [0.29, 0.717) is 0 Å². The highest BCUT2D eigenvalue weighted by atomic mass is 15.0. The SMILES string of the molecule is C=CNC(CCCCC)=NC. The molecule has 0 radical (unpaired) electrons. The molecule has 0 amide bonds. The molecule has 0 aromatic heterocycles. The zero-order chi connectivity index (χ0) is 8.53. The number of unbranched alkanes of at least 4 members (excludes halogenated alkanes) is 2. The molecule has 0 aromatic rings. The molecular formula is C9H18N2. The Labute approximate surface area is 69.4 Å². The van der Waals surface area contributed by atoms with Gasteiger partial charge in [0.05, 0.1) is 5.84 Å². The predicted octanol–water partition coefficient (Wildman–Crippen LogP) is 2.33. The highest BCUT2D eigenvalue weighted by Gasteiger charge is 1.93. The Kier molecular flexibility index (Phi) is 6.79. The summed E-state index contributed by atoms with van der Waals surface area (Å²) in [6.45, 7) is 5.78. The van der Waals surface area contributed by atoms with Gasteiger partial charge in [0.2, 0.25) is 0 Å². The van der Waals surface area contributed by atoms with Crippen LogP contribution in [0, 0.1) is 0 Å². The Morgan fingerprint density at radius 2 is 2.27 bits per heavy atom. The number of nitrogens with one attached hydrogen (secondary N) is 1. The smallest absolute Gasteiger partial charge is 0.0998 e. The Morgan fingerprint density at radius 1 is 1.55 bits per heavy atom. The van der Waals surface area contributed by atoms with Gasteiger partial charge in [0.25, 0.3) is 0 Å². The van der Waals surface area contributed by atoms with E-state index < -0.39 is 0 Å². The van der Waals surface area contributed by atoms with Crippen molar-refractivity contribution in [1.29, 1.82) is 0 Å². The molecule has 2 nitrogen and oxygen atoms in total. The number of nitrogens with zero attached hydrogens (tertiary/aromatic N) is 1. The average molecular weight is 154 g/mol. The lowest BCUT2D eigenvalue weighted by atomic mass is 10.2. The first-order valence-corrected chi connectivity index (χ1v) is 4.18. The summed E-state index contributed by atoms with van der Waals surface area (Å²) < 4.78 is 0. The molecule has 2 heteroatoms. The largest absolute Gasteiger partial charge is 0.351 e. The molecule has 0 aliphatic heterocycles. The van der Waals surface area contributed by atoms with Crippen molar-refractivity contribution in [3.8, 4) is 0 Å². The van der Waals surface area contributed by atoms with E-state index in [1.165, 1.54) is 19.3 Å². The number of amidine groups is 1. The lowest BCUT2D eigenvalue weighted by molar-refractivity contribution is 0.735. The second kappa shape index (κ2) is 7.32. The minimum absolute atomic E-state index is 1.04. The molecule has 0 spiro atoms. The van der Waals surface area contributed by atoms with Crippen LogP contribution in [-0.4, -0.2) is 12.9 Å². The van der Waals surface area contributed by atoms with Crippen molar-refractivity contribution in [2.24, 2.45) is 4.99 Å². The van der Waals surface area contributed by atoms with E-state index in [4.69, 9.17) is 0 Å². The first-order valence-electron chi connectivity index (χ1n) is 4.18. The quantitative estimate of drug-likeness (QED) is 0.367. The van der Waals surface area contributed by atoms with Crippen LogP contribution in [-0.2, 0) is 0 Å². The topological polar surface area (TPSA) is 24.4 Å². The Hall–Kier alpha value is -0.790. The first-order chi connectivity index (χ1) is 5.35. The van der Waals surface area contributed by atoms with Crippen LogP contribution in [0.1, 0.15) is 32.6 Å². The molecule has 0 rings (SSSR count). The van der Waals surface area contributed by atoms with Crippen molar-refractivity contribution in [3.05, 3.63) is 12.8 Å². The fourth-order valence-corrected chi connectivity index (χ4v) is 0.909. The maximum absolute atomic E-state index is 4.08. The van der Waals surface area contributed by atoms with E-state index in [-0.39, 0.29) is 0 Å². The summed E-state index contributed by atoms with van der Waals surface area (Å²) in [5.41, 5.74) is 0. The van der Waals surface area contributed by atoms with Gasteiger partial charge in [-0.15, -0.1) is 0 Å². The van der Waals surface area contributed by atoms with E-state index >= 15 is 0 Å². The third-order valence-corrected chi connectivity index (χ3v) is 1.56. The van der Waals surface area contributed by atoms with Crippen molar-refractivity contribution < 1.29 is 0 Å². The van der Waals surface area contributed by atoms with Gasteiger partial charge in [-0.3, -0.25) is 4.99 Å². The Morgan fingerprint density at radius 3 is 2.73 bits per heavy atom. The summed E-state index contributed by atoms with van der Waals surface area (Å²) in [6.07, 6.45) is 6.46. The van der Waals surface area contributed by atoms with Crippen LogP contribution in [0.2, 0.25) is 0 Å². The molecule has 0 atom stereocenters. The molecule has 0 aromatic carbocycles. The highest BCUT2D eigenvalue weighted by molar-refractivity contribution is 5.82. The van der Waals surface area contributed by atoms with Crippen molar-refractivity contribution in [2.45, 2.75) is 32.6 Å². The molecule has 0 saturated carbocycles. The molecule has 0 bridgehead atoms. The van der Waals surface area contributed by atoms with E-state index in [2.05, 4.69) is 23.8 Å². The average Bonchev–Trinajstić information content (AvgIpc) is 2.03. The van der Waals surface area contributed by atoms with Gasteiger partial charge < -0.3 is 5.32 Å². The summed E-state index contributed by atoms with van der Waals surface area (Å²) in [4.78, 5) is 4.08. The van der Waals surface area contributed by atoms with Crippen molar-refractivity contribution in [2.75, 3.05) is 7.05 Å². The predicted molar refractivity (Wildman–Crippen MR) is 50.8 cm³/mol. The van der Waals surface area contributed by atoms with Crippen LogP contribution >= 0.6 is 0 Å². The molecule has 11 heavy (non-hydrogen) atoms. The monoisotopic (exact) mass is 154 g/mol. The minimum atomic E-state index is 1.04. The zero-order valence-corrected chi connectivity index (χ0v) is 7.56. The van der Waals surface area contributed by atoms with Crippen LogP contribution < -0.4 is 5.32 Å². The number of hydrogen-bond acceptors (Lipinski definition) is 1. The third kappa shape index (κ3) is 5.64. The van der Waals surface area contributed by atoms with Crippen molar-refractivity contribution in [1.82, 2.24) is 5.32 Å². The van der Waals surface area contributed by atoms with Gasteiger partial charge in [-0.05, 0) is 12.6 Å². The van der Waals surface area contributed by atoms with E-state index in [9.17, 15) is 0 Å². The van der Waals surface area contributed by atoms with E-state index in [1.807, 2.05) is 0 Å². The van der Waals surface area contributed by atoms with E-state index in [1.54, 1.807) is 13.2 Å². The number of aliphatic imine (C=N–C) groups is 1. The molecule has 0 aliphatic carbocycles. The minimum Gasteiger partial charge on any atom is -0.351 e. The fraction of sp³-hybridized carbons (Fsp3) is 0.667. The molecule has 0 fully saturated rings. The highest BCUT2D eigenvalue weighted by Crippen LogP contribution is 1.98. The second-order valence-electron chi connectivity index (χ2n) is 2.48. The molecular weight excluding hydrogens is 136 g/mol. The number of hydrogen-bond donors (Lipinski definition) is 1. The maximum Gasteiger partial charge on any atom is 0.0998 e. The summed E-state index contributed by atoms with van der Waals surface area (Å²) in [5.74, 6) is 1.04. The molecule has 64 valence electrons. The molecule has 0 saturated heterocycles. The van der Waals surface area contributed by atoms with Gasteiger partial charge in [-0.1, -0.05) is 26.3 Å². The van der Waals surface area contributed by atoms with Crippen LogP contribution in [0.25, 0.3) is 0 Å². The van der Waals surface area contributed by atoms with Gasteiger partial charge in [0.1, 0.15) is 0 Å². The molecule has 1 N–H and O–H groups in total. The Balaban J connectivity index is 3.45. The van der Waals surface area contributed by atoms with Crippen LogP contribution in [0.15, 0.2) is 17.8 Å². The van der Waals surface area contributed by atoms with Crippen molar-refractivity contribution in [3.63, 3.8) is 0 Å². The van der Waals surface area contributed by atoms with E-state index in [0.717, 1.165) is 12.3 Å². The summed E-state index contributed by atoms with van der Waals surface area (Å²) in [6, 6.07) is 0. The van der Waals surface area contributed by atoms with Crippen LogP contribution in [0.5, 0.6) is 0 Å². The van der Waals surface area contributed by atoms with Crippen molar-refractivity contribution >= 4 is 5.84 Å². The van der Waals surface area contributed by atoms with Gasteiger partial charge in [0, 0.05) is 13.5 Å². The maximum atomic E-state index is 4.08. The standard InChI is InChI=1S/C9H18N2/c1-4-6-7-8-9(10-3)11-5-2/h5H,2,4,6-8H2,1,3H3,(H,10,11). The van der Waals surface area contributed by atoms with Gasteiger partial charge in [0.15, 0.2) is 0 Å². The lowest BCUT2D eigenvalue weighted by Gasteiger charge is -2.03. The van der Waals surface area contributed by atoms with Crippen LogP contribution in [0.4, 0.5) is 0 Å². The normalized spacial score (nSPS) is 11.3. The lowest BCUT2D eigenvalue weighted by Crippen LogP contribution is -2.16. The number of rotatable bonds is 5. The molecule has 0 unspecified atom stereocenters. The molecule has 0 aliphatic rings. The summed E-state index contributed by atoms with van der Waals surface area (Å²) in [7, 11) is 1.80. The fourth-order valence-electron chi connectivity index (χ4n) is 0.909. The first kappa shape index (κ1) is 10.2. The summed E-state index contributed by atoms with van der Waals surface area (Å²) in [5, 5.41) is 3.01. The second-order valence-corrected chi connectivity index (χ2v) is 2.48.